The van der Waals surface area contributed by atoms with Gasteiger partial charge in [0.25, 0.3) is 5.69 Å². The monoisotopic (exact) mass is 581 g/mol. The van der Waals surface area contributed by atoms with Gasteiger partial charge >= 0.3 is 16.1 Å². The van der Waals surface area contributed by atoms with Gasteiger partial charge in [0, 0.05) is 12.1 Å². The van der Waals surface area contributed by atoms with Gasteiger partial charge in [0.15, 0.2) is 10.0 Å². The van der Waals surface area contributed by atoms with Crippen molar-refractivity contribution in [1.82, 2.24) is 9.88 Å². The lowest BCUT2D eigenvalue weighted by atomic mass is 10.1. The summed E-state index contributed by atoms with van der Waals surface area (Å²) < 4.78 is 35.5. The Morgan fingerprint density at radius 2 is 1.95 bits per heavy atom. The molecule has 1 fully saturated rings. The third-order valence-electron chi connectivity index (χ3n) is 4.97. The number of nitrogens with zero attached hydrogens (tertiary/aromatic N) is 3. The second-order valence-corrected chi connectivity index (χ2v) is 13.0. The van der Waals surface area contributed by atoms with Gasteiger partial charge in [-0.2, -0.15) is 8.42 Å². The van der Waals surface area contributed by atoms with Crippen LogP contribution in [0.25, 0.3) is 10.2 Å². The second-order valence-electron chi connectivity index (χ2n) is 7.74. The number of β-lactam (4-membered cyclic amide) rings is 1. The van der Waals surface area contributed by atoms with Crippen LogP contribution in [-0.2, 0) is 35.2 Å². The molecule has 1 aliphatic rings. The Bertz CT molecular complexity index is 1470. The smallest absolute Gasteiger partial charge is 0.359 e. The quantitative estimate of drug-likeness (QED) is 0.0489. The summed E-state index contributed by atoms with van der Waals surface area (Å²) in [6, 6.07) is 13.0. The molecule has 0 saturated carbocycles. The topological polar surface area (TPSA) is 146 Å². The van der Waals surface area contributed by atoms with E-state index in [-0.39, 0.29) is 30.2 Å². The van der Waals surface area contributed by atoms with E-state index in [0.717, 1.165) is 25.7 Å². The first-order valence-corrected chi connectivity index (χ1v) is 15.4. The van der Waals surface area contributed by atoms with Gasteiger partial charge < -0.3 is 8.92 Å². The highest BCUT2D eigenvalue weighted by molar-refractivity contribution is 8.77. The summed E-state index contributed by atoms with van der Waals surface area (Å²) in [6.07, 6.45) is 0.942. The summed E-state index contributed by atoms with van der Waals surface area (Å²) >= 11 is 1.49. The molecule has 11 nitrogen and oxygen atoms in total. The van der Waals surface area contributed by atoms with Gasteiger partial charge in [-0.3, -0.25) is 19.8 Å². The van der Waals surface area contributed by atoms with E-state index in [9.17, 15) is 28.1 Å². The molecule has 37 heavy (non-hydrogen) atoms. The number of likely N-dealkylation sites (tertiary alicyclic amines) is 1. The van der Waals surface area contributed by atoms with E-state index < -0.39 is 32.3 Å². The minimum absolute atomic E-state index is 0.119. The molecular formula is C22H19N3O8S4. The van der Waals surface area contributed by atoms with Gasteiger partial charge in [0.2, 0.25) is 5.91 Å². The fourth-order valence-corrected chi connectivity index (χ4v) is 7.62. The molecule has 194 valence electrons. The summed E-state index contributed by atoms with van der Waals surface area (Å²) in [5, 5.41) is 10.3. The predicted molar refractivity (Wildman–Crippen MR) is 140 cm³/mol. The number of amides is 1. The number of carbonyl (C=O) groups is 2. The summed E-state index contributed by atoms with van der Waals surface area (Å²) in [7, 11) is -1.35. The van der Waals surface area contributed by atoms with Crippen LogP contribution in [0.1, 0.15) is 18.9 Å². The molecule has 1 amide bonds. The molecule has 0 bridgehead atoms. The van der Waals surface area contributed by atoms with Crippen molar-refractivity contribution in [1.29, 1.82) is 0 Å². The Hall–Kier alpha value is -3.14. The normalized spacial score (nSPS) is 16.2. The standard InChI is InChI=1S/C22H19N3O8S4/c1-13(33-37(2,30)31)20(21(27)32-12-14-7-9-15(10-8-14)25(28)29)24-18(26)11-19(24)35-36-22-23-16-5-3-4-6-17(16)34-22/h3-10,19H,11-12H2,1-2H3/b20-13+/t19-/m1/s1. The molecule has 3 aromatic rings. The number of carbonyl (C=O) groups excluding carboxylic acids is 2. The van der Waals surface area contributed by atoms with Crippen molar-refractivity contribution < 1.29 is 31.9 Å². The molecule has 0 aliphatic carbocycles. The highest BCUT2D eigenvalue weighted by Gasteiger charge is 2.44. The van der Waals surface area contributed by atoms with Gasteiger partial charge in [-0.05, 0) is 47.5 Å². The van der Waals surface area contributed by atoms with E-state index in [1.54, 1.807) is 0 Å². The molecule has 1 saturated heterocycles. The van der Waals surface area contributed by atoms with Gasteiger partial charge in [-0.15, -0.1) is 11.3 Å². The maximum atomic E-state index is 13.1. The van der Waals surface area contributed by atoms with Crippen LogP contribution in [0.2, 0.25) is 0 Å². The maximum Gasteiger partial charge on any atom is 0.359 e. The number of nitro benzene ring substituents is 1. The van der Waals surface area contributed by atoms with Crippen molar-refractivity contribution in [2.75, 3.05) is 6.26 Å². The first kappa shape index (κ1) is 26.9. The number of aromatic nitrogens is 1. The van der Waals surface area contributed by atoms with Crippen LogP contribution in [-0.4, -0.2) is 46.7 Å². The average Bonchev–Trinajstić information content (AvgIpc) is 3.25. The van der Waals surface area contributed by atoms with E-state index in [1.165, 1.54) is 64.1 Å². The molecule has 15 heteroatoms. The second kappa shape index (κ2) is 11.1. The molecule has 4 rings (SSSR count). The van der Waals surface area contributed by atoms with E-state index in [0.29, 0.717) is 5.56 Å². The van der Waals surface area contributed by atoms with E-state index in [2.05, 4.69) is 4.98 Å². The predicted octanol–water partition coefficient (Wildman–Crippen LogP) is 4.45. The average molecular weight is 582 g/mol. The molecule has 2 heterocycles. The van der Waals surface area contributed by atoms with Crippen molar-refractivity contribution in [2.45, 2.75) is 29.7 Å². The third kappa shape index (κ3) is 6.60. The van der Waals surface area contributed by atoms with Crippen molar-refractivity contribution in [3.05, 3.63) is 75.7 Å². The number of thiazole rings is 1. The number of fused-ring (bicyclic) bond motifs is 1. The van der Waals surface area contributed by atoms with Gasteiger partial charge in [0.1, 0.15) is 17.7 Å². The SMILES string of the molecule is C/C(OS(C)(=O)=O)=C(/C(=O)OCc1ccc([N+](=O)[O-])cc1)N1C(=O)C[C@H]1SSc1nc2ccccc2s1. The number of esters is 1. The largest absolute Gasteiger partial charge is 0.456 e. The first-order chi connectivity index (χ1) is 17.5. The van der Waals surface area contributed by atoms with Crippen LogP contribution in [0.4, 0.5) is 5.69 Å². The van der Waals surface area contributed by atoms with Crippen LogP contribution in [0, 0.1) is 10.1 Å². The van der Waals surface area contributed by atoms with Crippen LogP contribution in [0.15, 0.2) is 64.3 Å². The van der Waals surface area contributed by atoms with Crippen LogP contribution >= 0.6 is 32.9 Å². The van der Waals surface area contributed by atoms with Crippen molar-refractivity contribution in [2.24, 2.45) is 0 Å². The summed E-state index contributed by atoms with van der Waals surface area (Å²) in [5.74, 6) is -1.68. The highest BCUT2D eigenvalue weighted by Crippen LogP contribution is 2.45. The van der Waals surface area contributed by atoms with Crippen molar-refractivity contribution >= 4 is 70.8 Å². The van der Waals surface area contributed by atoms with Gasteiger partial charge in [-0.25, -0.2) is 9.78 Å². The zero-order chi connectivity index (χ0) is 26.7. The Kier molecular flexibility index (Phi) is 8.06. The highest BCUT2D eigenvalue weighted by atomic mass is 33.1. The Morgan fingerprint density at radius 3 is 2.57 bits per heavy atom. The number of allylic oxidation sites excluding steroid dienone is 1. The van der Waals surface area contributed by atoms with Crippen LogP contribution in [0.5, 0.6) is 0 Å². The van der Waals surface area contributed by atoms with Gasteiger partial charge in [0.05, 0.1) is 27.8 Å². The van der Waals surface area contributed by atoms with Crippen LogP contribution < -0.4 is 0 Å². The minimum Gasteiger partial charge on any atom is -0.456 e. The number of hydrogen-bond donors (Lipinski definition) is 0. The molecule has 0 radical (unpaired) electrons. The zero-order valence-corrected chi connectivity index (χ0v) is 22.6. The number of nitro groups is 1. The number of rotatable bonds is 10. The third-order valence-corrected chi connectivity index (χ3v) is 9.53. The van der Waals surface area contributed by atoms with E-state index in [1.807, 2.05) is 24.3 Å². The molecule has 1 aliphatic heterocycles. The van der Waals surface area contributed by atoms with Gasteiger partial charge in [-0.1, -0.05) is 22.9 Å². The lowest BCUT2D eigenvalue weighted by Crippen LogP contribution is -2.51. The summed E-state index contributed by atoms with van der Waals surface area (Å²) in [6.45, 7) is 1.00. The molecule has 0 N–H and O–H groups in total. The molecule has 1 aromatic heterocycles. The number of hydrogen-bond acceptors (Lipinski definition) is 12. The lowest BCUT2D eigenvalue weighted by Gasteiger charge is -2.39. The number of non-ortho nitro benzene ring substituents is 1. The maximum absolute atomic E-state index is 13.1. The van der Waals surface area contributed by atoms with Crippen molar-refractivity contribution in [3.8, 4) is 0 Å². The molecular weight excluding hydrogens is 563 g/mol. The Morgan fingerprint density at radius 1 is 1.24 bits per heavy atom. The zero-order valence-electron chi connectivity index (χ0n) is 19.4. The summed E-state index contributed by atoms with van der Waals surface area (Å²) in [5.41, 5.74) is 0.868. The molecule has 0 unspecified atom stereocenters. The van der Waals surface area contributed by atoms with Crippen LogP contribution in [0.3, 0.4) is 0 Å². The molecule has 2 aromatic carbocycles. The van der Waals surface area contributed by atoms with Crippen molar-refractivity contribution in [3.63, 3.8) is 0 Å². The number of para-hydroxylation sites is 1. The fourth-order valence-electron chi connectivity index (χ4n) is 3.33. The first-order valence-electron chi connectivity index (χ1n) is 10.5. The number of ether oxygens (including phenoxy) is 1. The fraction of sp³-hybridized carbons (Fsp3) is 0.227. The molecule has 1 atom stereocenters. The Balaban J connectivity index is 1.51. The number of benzene rings is 2. The lowest BCUT2D eigenvalue weighted by molar-refractivity contribution is -0.384. The molecule has 0 spiro atoms. The summed E-state index contributed by atoms with van der Waals surface area (Å²) in [4.78, 5) is 41.6. The Labute approximate surface area is 223 Å². The van der Waals surface area contributed by atoms with E-state index in [4.69, 9.17) is 8.92 Å². The van der Waals surface area contributed by atoms with E-state index >= 15 is 0 Å². The minimum atomic E-state index is -3.99.